The van der Waals surface area contributed by atoms with Gasteiger partial charge in [-0.2, -0.15) is 0 Å². The first-order chi connectivity index (χ1) is 8.47. The first-order valence-electron chi connectivity index (χ1n) is 5.07. The highest BCUT2D eigenvalue weighted by molar-refractivity contribution is 5.70. The maximum absolute atomic E-state index is 13.6. The molecule has 2 aromatic rings. The Hall–Kier alpha value is -2.04. The van der Waals surface area contributed by atoms with Gasteiger partial charge < -0.3 is 4.74 Å². The number of halogens is 4. The van der Waals surface area contributed by atoms with E-state index in [1.807, 2.05) is 0 Å². The van der Waals surface area contributed by atoms with Gasteiger partial charge in [0.2, 0.25) is 0 Å². The van der Waals surface area contributed by atoms with Crippen molar-refractivity contribution in [3.63, 3.8) is 0 Å². The fourth-order valence-electron chi connectivity index (χ4n) is 1.58. The second kappa shape index (κ2) is 4.68. The van der Waals surface area contributed by atoms with Gasteiger partial charge in [-0.1, -0.05) is 36.4 Å². The van der Waals surface area contributed by atoms with E-state index in [2.05, 4.69) is 4.74 Å². The number of hydrogen-bond donors (Lipinski definition) is 0. The lowest BCUT2D eigenvalue weighted by molar-refractivity contribution is -0.274. The molecular weight excluding hydrogens is 248 g/mol. The van der Waals surface area contributed by atoms with E-state index in [0.29, 0.717) is 0 Å². The molecule has 0 saturated heterocycles. The maximum atomic E-state index is 13.6. The molecule has 94 valence electrons. The molecular formula is C13H8F4O. The smallest absolute Gasteiger partial charge is 0.405 e. The summed E-state index contributed by atoms with van der Waals surface area (Å²) in [5.74, 6) is -1.02. The highest BCUT2D eigenvalue weighted by Gasteiger charge is 2.32. The van der Waals surface area contributed by atoms with Crippen LogP contribution in [-0.4, -0.2) is 6.36 Å². The zero-order chi connectivity index (χ0) is 13.2. The number of rotatable bonds is 2. The van der Waals surface area contributed by atoms with Gasteiger partial charge in [0.15, 0.2) is 0 Å². The van der Waals surface area contributed by atoms with E-state index < -0.39 is 17.9 Å². The second-order valence-electron chi connectivity index (χ2n) is 3.52. The third-order valence-corrected chi connectivity index (χ3v) is 2.28. The van der Waals surface area contributed by atoms with E-state index in [9.17, 15) is 17.6 Å². The molecule has 0 amide bonds. The van der Waals surface area contributed by atoms with E-state index in [1.54, 1.807) is 6.07 Å². The van der Waals surface area contributed by atoms with E-state index in [1.165, 1.54) is 36.4 Å². The van der Waals surface area contributed by atoms with Crippen LogP contribution in [0.25, 0.3) is 11.1 Å². The first-order valence-corrected chi connectivity index (χ1v) is 5.07. The van der Waals surface area contributed by atoms with E-state index in [0.717, 1.165) is 6.07 Å². The Bertz CT molecular complexity index is 549. The number of hydrogen-bond acceptors (Lipinski definition) is 1. The summed E-state index contributed by atoms with van der Waals surface area (Å²) in [5.41, 5.74) is 0.130. The van der Waals surface area contributed by atoms with Crippen LogP contribution in [0.1, 0.15) is 0 Å². The monoisotopic (exact) mass is 256 g/mol. The van der Waals surface area contributed by atoms with Gasteiger partial charge in [0.05, 0.1) is 0 Å². The lowest BCUT2D eigenvalue weighted by atomic mass is 10.0. The van der Waals surface area contributed by atoms with Crippen LogP contribution >= 0.6 is 0 Å². The van der Waals surface area contributed by atoms with E-state index in [4.69, 9.17) is 0 Å². The van der Waals surface area contributed by atoms with Crippen LogP contribution in [0, 0.1) is 5.82 Å². The standard InChI is InChI=1S/C13H8F4O/c14-11-7-3-1-5-9(11)10-6-2-4-8-12(10)18-13(15,16)17/h1-8H. The van der Waals surface area contributed by atoms with Gasteiger partial charge in [-0.25, -0.2) is 4.39 Å². The molecule has 0 N–H and O–H groups in total. The van der Waals surface area contributed by atoms with Crippen molar-refractivity contribution < 1.29 is 22.3 Å². The second-order valence-corrected chi connectivity index (χ2v) is 3.52. The Kier molecular flexibility index (Phi) is 3.23. The van der Waals surface area contributed by atoms with Crippen LogP contribution in [0.4, 0.5) is 17.6 Å². The summed E-state index contributed by atoms with van der Waals surface area (Å²) in [7, 11) is 0. The quantitative estimate of drug-likeness (QED) is 0.724. The van der Waals surface area contributed by atoms with E-state index >= 15 is 0 Å². The Balaban J connectivity index is 2.49. The summed E-state index contributed by atoms with van der Waals surface area (Å²) in [6, 6.07) is 11.0. The summed E-state index contributed by atoms with van der Waals surface area (Å²) in [5, 5.41) is 0. The third kappa shape index (κ3) is 2.80. The van der Waals surface area contributed by atoms with Crippen molar-refractivity contribution in [2.24, 2.45) is 0 Å². The van der Waals surface area contributed by atoms with Crippen molar-refractivity contribution >= 4 is 0 Å². The van der Waals surface area contributed by atoms with Crippen LogP contribution < -0.4 is 4.74 Å². The molecule has 0 heterocycles. The van der Waals surface area contributed by atoms with Crippen molar-refractivity contribution in [2.75, 3.05) is 0 Å². The summed E-state index contributed by atoms with van der Waals surface area (Å²) in [4.78, 5) is 0. The molecule has 0 aliphatic carbocycles. The number of benzene rings is 2. The lowest BCUT2D eigenvalue weighted by Gasteiger charge is -2.13. The SMILES string of the molecule is Fc1ccccc1-c1ccccc1OC(F)(F)F. The Labute approximate surface area is 101 Å². The van der Waals surface area contributed by atoms with Crippen molar-refractivity contribution in [3.05, 3.63) is 54.3 Å². The van der Waals surface area contributed by atoms with Crippen LogP contribution in [-0.2, 0) is 0 Å². The zero-order valence-corrected chi connectivity index (χ0v) is 9.04. The largest absolute Gasteiger partial charge is 0.573 e. The van der Waals surface area contributed by atoms with Crippen molar-refractivity contribution in [1.82, 2.24) is 0 Å². The zero-order valence-electron chi connectivity index (χ0n) is 9.04. The fraction of sp³-hybridized carbons (Fsp3) is 0.0769. The number of para-hydroxylation sites is 1. The normalized spacial score (nSPS) is 11.3. The maximum Gasteiger partial charge on any atom is 0.573 e. The molecule has 0 radical (unpaired) electrons. The van der Waals surface area contributed by atoms with Gasteiger partial charge in [0.1, 0.15) is 11.6 Å². The van der Waals surface area contributed by atoms with Crippen LogP contribution in [0.5, 0.6) is 5.75 Å². The van der Waals surface area contributed by atoms with Crippen LogP contribution in [0.2, 0.25) is 0 Å². The predicted octanol–water partition coefficient (Wildman–Crippen LogP) is 4.39. The minimum Gasteiger partial charge on any atom is -0.405 e. The molecule has 0 bridgehead atoms. The van der Waals surface area contributed by atoms with Gasteiger partial charge in [0, 0.05) is 11.1 Å². The average molecular weight is 256 g/mol. The van der Waals surface area contributed by atoms with Crippen molar-refractivity contribution in [1.29, 1.82) is 0 Å². The van der Waals surface area contributed by atoms with Gasteiger partial charge in [-0.05, 0) is 12.1 Å². The molecule has 0 unspecified atom stereocenters. The molecule has 0 spiro atoms. The summed E-state index contributed by atoms with van der Waals surface area (Å²) >= 11 is 0. The summed E-state index contributed by atoms with van der Waals surface area (Å²) in [6.07, 6.45) is -4.80. The minimum atomic E-state index is -4.80. The number of ether oxygens (including phenoxy) is 1. The topological polar surface area (TPSA) is 9.23 Å². The van der Waals surface area contributed by atoms with Crippen molar-refractivity contribution in [3.8, 4) is 16.9 Å². The van der Waals surface area contributed by atoms with Gasteiger partial charge in [0.25, 0.3) is 0 Å². The highest BCUT2D eigenvalue weighted by Crippen LogP contribution is 2.34. The van der Waals surface area contributed by atoms with Gasteiger partial charge in [-0.15, -0.1) is 13.2 Å². The van der Waals surface area contributed by atoms with Crippen molar-refractivity contribution in [2.45, 2.75) is 6.36 Å². The lowest BCUT2D eigenvalue weighted by Crippen LogP contribution is -2.17. The molecule has 2 aromatic carbocycles. The number of alkyl halides is 3. The summed E-state index contributed by atoms with van der Waals surface area (Å²) < 4.78 is 54.1. The molecule has 0 fully saturated rings. The summed E-state index contributed by atoms with van der Waals surface area (Å²) in [6.45, 7) is 0. The molecule has 2 rings (SSSR count). The third-order valence-electron chi connectivity index (χ3n) is 2.28. The molecule has 5 heteroatoms. The fourth-order valence-corrected chi connectivity index (χ4v) is 1.58. The van der Waals surface area contributed by atoms with Gasteiger partial charge >= 0.3 is 6.36 Å². The van der Waals surface area contributed by atoms with Gasteiger partial charge in [-0.3, -0.25) is 0 Å². The van der Waals surface area contributed by atoms with E-state index in [-0.39, 0.29) is 11.1 Å². The predicted molar refractivity (Wildman–Crippen MR) is 58.5 cm³/mol. The Morgan fingerprint density at radius 3 is 1.94 bits per heavy atom. The Morgan fingerprint density at radius 1 is 0.778 bits per heavy atom. The Morgan fingerprint density at radius 2 is 1.33 bits per heavy atom. The van der Waals surface area contributed by atoms with Crippen LogP contribution in [0.15, 0.2) is 48.5 Å². The molecule has 0 aromatic heterocycles. The first kappa shape index (κ1) is 12.4. The molecule has 1 nitrogen and oxygen atoms in total. The molecule has 0 atom stereocenters. The highest BCUT2D eigenvalue weighted by atomic mass is 19.4. The molecule has 18 heavy (non-hydrogen) atoms. The molecule has 0 aliphatic heterocycles. The van der Waals surface area contributed by atoms with Crippen LogP contribution in [0.3, 0.4) is 0 Å². The molecule has 0 aliphatic rings. The minimum absolute atomic E-state index is 0.0629. The molecule has 0 saturated carbocycles. The average Bonchev–Trinajstić information content (AvgIpc) is 2.29.